The van der Waals surface area contributed by atoms with E-state index >= 15 is 0 Å². The number of fused-ring (bicyclic) bond motifs is 6. The summed E-state index contributed by atoms with van der Waals surface area (Å²) in [6, 6.07) is 89.8. The molecule has 1 aromatic heterocycles. The van der Waals surface area contributed by atoms with Crippen LogP contribution < -0.4 is 0 Å². The predicted octanol–water partition coefficient (Wildman–Crippen LogP) is 18.9. The van der Waals surface area contributed by atoms with E-state index in [1.165, 1.54) is 60.1 Å². The van der Waals surface area contributed by atoms with Crippen LogP contribution in [0.5, 0.6) is 0 Å². The van der Waals surface area contributed by atoms with Crippen molar-refractivity contribution in [1.82, 2.24) is 15.0 Å². The van der Waals surface area contributed by atoms with Crippen LogP contribution in [0.2, 0.25) is 0 Å². The molecule has 342 valence electrons. The molecule has 0 amide bonds. The van der Waals surface area contributed by atoms with Crippen LogP contribution in [0.1, 0.15) is 0 Å². The van der Waals surface area contributed by atoms with Crippen LogP contribution in [-0.2, 0) is 0 Å². The van der Waals surface area contributed by atoms with Crippen molar-refractivity contribution in [3.05, 3.63) is 266 Å². The van der Waals surface area contributed by atoms with Crippen molar-refractivity contribution in [3.63, 3.8) is 0 Å². The predicted molar refractivity (Wildman–Crippen MR) is 307 cm³/mol. The van der Waals surface area contributed by atoms with Gasteiger partial charge in [0.25, 0.3) is 0 Å². The van der Waals surface area contributed by atoms with E-state index in [-0.39, 0.29) is 0 Å². The van der Waals surface area contributed by atoms with E-state index in [4.69, 9.17) is 21.5 Å². The van der Waals surface area contributed by atoms with E-state index < -0.39 is 0 Å². The molecule has 4 heteroatoms. The van der Waals surface area contributed by atoms with Crippen LogP contribution in [0.4, 0.5) is 5.69 Å². The minimum atomic E-state index is 0.590. The lowest BCUT2D eigenvalue weighted by molar-refractivity contribution is 1.07. The van der Waals surface area contributed by atoms with Crippen molar-refractivity contribution in [2.75, 3.05) is 0 Å². The highest BCUT2D eigenvalue weighted by atomic mass is 15.0. The maximum atomic E-state index is 8.33. The molecule has 0 spiro atoms. The molecule has 0 N–H and O–H groups in total. The van der Waals surface area contributed by atoms with Gasteiger partial charge in [0.2, 0.25) is 0 Å². The fourth-order valence-electron chi connectivity index (χ4n) is 11.3. The van der Waals surface area contributed by atoms with Crippen LogP contribution in [0.25, 0.3) is 149 Å². The Kier molecular flexibility index (Phi) is 10.2. The van der Waals surface area contributed by atoms with E-state index in [1.54, 1.807) is 0 Å². The summed E-state index contributed by atoms with van der Waals surface area (Å²) in [6.45, 7) is 8.33. The third kappa shape index (κ3) is 7.18. The van der Waals surface area contributed by atoms with Gasteiger partial charge in [-0.05, 0) is 122 Å². The normalized spacial score (nSPS) is 11.5. The first-order chi connectivity index (χ1) is 36.6. The van der Waals surface area contributed by atoms with E-state index in [0.717, 1.165) is 66.8 Å². The van der Waals surface area contributed by atoms with Crippen LogP contribution in [0, 0.1) is 6.57 Å². The van der Waals surface area contributed by atoms with E-state index in [9.17, 15) is 0 Å². The van der Waals surface area contributed by atoms with Crippen LogP contribution in [0.3, 0.4) is 0 Å². The molecule has 0 radical (unpaired) electrons. The molecule has 4 nitrogen and oxygen atoms in total. The van der Waals surface area contributed by atoms with Crippen LogP contribution in [0.15, 0.2) is 255 Å². The number of nitrogens with zero attached hydrogens (tertiary/aromatic N) is 4. The fraction of sp³-hybridized carbons (Fsp3) is 0. The molecule has 12 aromatic carbocycles. The molecule has 0 atom stereocenters. The van der Waals surface area contributed by atoms with Crippen LogP contribution in [-0.4, -0.2) is 15.0 Å². The summed E-state index contributed by atoms with van der Waals surface area (Å²) >= 11 is 0. The monoisotopic (exact) mass is 938 g/mol. The van der Waals surface area contributed by atoms with Gasteiger partial charge in [-0.15, -0.1) is 0 Å². The lowest BCUT2D eigenvalue weighted by Crippen LogP contribution is -2.01. The Bertz CT molecular complexity index is 4400. The molecule has 0 fully saturated rings. The summed E-state index contributed by atoms with van der Waals surface area (Å²) in [6.07, 6.45) is 0. The summed E-state index contributed by atoms with van der Waals surface area (Å²) in [4.78, 5) is 19.6. The number of aromatic nitrogens is 3. The van der Waals surface area contributed by atoms with Gasteiger partial charge in [0.1, 0.15) is 0 Å². The first-order valence-corrected chi connectivity index (χ1v) is 24.9. The van der Waals surface area contributed by atoms with E-state index in [0.29, 0.717) is 23.2 Å². The van der Waals surface area contributed by atoms with Gasteiger partial charge >= 0.3 is 0 Å². The molecule has 0 saturated carbocycles. The zero-order valence-electron chi connectivity index (χ0n) is 40.0. The number of rotatable bonds is 8. The second kappa shape index (κ2) is 17.6. The zero-order valence-corrected chi connectivity index (χ0v) is 40.0. The molecule has 1 heterocycles. The second-order valence-corrected chi connectivity index (χ2v) is 18.9. The van der Waals surface area contributed by atoms with Gasteiger partial charge in [-0.3, -0.25) is 0 Å². The minimum absolute atomic E-state index is 0.590. The van der Waals surface area contributed by atoms with E-state index in [1.807, 2.05) is 42.5 Å². The second-order valence-electron chi connectivity index (χ2n) is 18.9. The van der Waals surface area contributed by atoms with Crippen molar-refractivity contribution < 1.29 is 0 Å². The van der Waals surface area contributed by atoms with Crippen molar-refractivity contribution in [2.24, 2.45) is 0 Å². The Hall–Kier alpha value is -10.1. The average molecular weight is 939 g/mol. The summed E-state index contributed by atoms with van der Waals surface area (Å²) in [5, 5.41) is 7.36. The van der Waals surface area contributed by atoms with Gasteiger partial charge < -0.3 is 0 Å². The largest absolute Gasteiger partial charge is 0.238 e. The van der Waals surface area contributed by atoms with Gasteiger partial charge in [-0.1, -0.05) is 243 Å². The summed E-state index contributed by atoms with van der Waals surface area (Å²) in [7, 11) is 0. The van der Waals surface area contributed by atoms with Crippen molar-refractivity contribution in [3.8, 4) is 112 Å². The van der Waals surface area contributed by atoms with Gasteiger partial charge in [0, 0.05) is 16.7 Å². The highest BCUT2D eigenvalue weighted by Crippen LogP contribution is 2.50. The van der Waals surface area contributed by atoms with E-state index in [2.05, 4.69) is 217 Å². The average Bonchev–Trinajstić information content (AvgIpc) is 3.82. The molecule has 0 saturated heterocycles. The Morgan fingerprint density at radius 1 is 0.243 bits per heavy atom. The van der Waals surface area contributed by atoms with Crippen LogP contribution >= 0.6 is 0 Å². The van der Waals surface area contributed by atoms with Crippen molar-refractivity contribution in [2.45, 2.75) is 0 Å². The highest BCUT2D eigenvalue weighted by Gasteiger charge is 2.23. The number of hydrogen-bond acceptors (Lipinski definition) is 3. The Balaban J connectivity index is 0.843. The summed E-state index contributed by atoms with van der Waals surface area (Å²) < 4.78 is 0. The van der Waals surface area contributed by atoms with Gasteiger partial charge in [-0.2, -0.15) is 0 Å². The van der Waals surface area contributed by atoms with Gasteiger partial charge in [0.05, 0.1) is 6.57 Å². The highest BCUT2D eigenvalue weighted by molar-refractivity contribution is 6.19. The lowest BCUT2D eigenvalue weighted by atomic mass is 9.87. The first kappa shape index (κ1) is 42.8. The number of benzene rings is 12. The summed E-state index contributed by atoms with van der Waals surface area (Å²) in [5.41, 5.74) is 19.0. The molecule has 74 heavy (non-hydrogen) atoms. The van der Waals surface area contributed by atoms with Crippen molar-refractivity contribution in [1.29, 1.82) is 0 Å². The molecule has 1 aliphatic carbocycles. The molecule has 14 rings (SSSR count). The maximum absolute atomic E-state index is 8.33. The quantitative estimate of drug-likeness (QED) is 0.113. The fourth-order valence-corrected chi connectivity index (χ4v) is 11.3. The smallest absolute Gasteiger partial charge is 0.194 e. The molecule has 0 bridgehead atoms. The first-order valence-electron chi connectivity index (χ1n) is 24.9. The lowest BCUT2D eigenvalue weighted by Gasteiger charge is -2.17. The molecular weight excluding hydrogens is 897 g/mol. The summed E-state index contributed by atoms with van der Waals surface area (Å²) in [5.74, 6) is 1.80. The standard InChI is InChI=1S/C70H42N4/c1-71-66-40-37-48(42-65(66)59-29-13-12-28-58(59)64-43-50-19-5-6-22-51(50)54-24-8-11-27-57(54)64)47-20-15-21-49(41-47)52-23-7-14-30-63(52)70-73-68(45-17-3-2-4-18-45)72-69(74-70)46-35-33-44(34-36-46)53-38-39-62-56-26-10-9-25-55(56)61-32-16-31-60(53)67(61)62/h2-43H. The molecule has 0 unspecified atom stereocenters. The third-order valence-electron chi connectivity index (χ3n) is 14.7. The van der Waals surface area contributed by atoms with Gasteiger partial charge in [-0.25, -0.2) is 19.8 Å². The maximum Gasteiger partial charge on any atom is 0.194 e. The third-order valence-corrected chi connectivity index (χ3v) is 14.7. The molecule has 0 aliphatic heterocycles. The molecular formula is C70H42N4. The molecule has 13 aromatic rings. The topological polar surface area (TPSA) is 43.0 Å². The minimum Gasteiger partial charge on any atom is -0.238 e. The Labute approximate surface area is 429 Å². The Morgan fingerprint density at radius 2 is 0.716 bits per heavy atom. The zero-order chi connectivity index (χ0) is 49.1. The molecule has 1 aliphatic rings. The van der Waals surface area contributed by atoms with Gasteiger partial charge in [0.15, 0.2) is 23.2 Å². The van der Waals surface area contributed by atoms with Crippen molar-refractivity contribution >= 4 is 38.0 Å². The Morgan fingerprint density at radius 3 is 1.46 bits per heavy atom. The number of hydrogen-bond donors (Lipinski definition) is 0. The SMILES string of the molecule is [C-]#[N+]c1ccc(-c2cccc(-c3ccccc3-c3nc(-c4ccccc4)nc(-c4ccc(-c5ccc6c7c(cccc57)-c5ccccc5-6)cc4)n3)c2)cc1-c1ccccc1-c1cc2ccccc2c2ccccc12.